The molecule has 104 valence electrons. The van der Waals surface area contributed by atoms with Crippen molar-refractivity contribution < 1.29 is 9.90 Å². The van der Waals surface area contributed by atoms with Crippen LogP contribution in [0.25, 0.3) is 0 Å². The maximum absolute atomic E-state index is 10.9. The quantitative estimate of drug-likeness (QED) is 0.817. The fourth-order valence-corrected chi connectivity index (χ4v) is 2.68. The Hall–Kier alpha value is -1.94. The van der Waals surface area contributed by atoms with Gasteiger partial charge in [0.2, 0.25) is 0 Å². The predicted octanol–water partition coefficient (Wildman–Crippen LogP) is 4.43. The van der Waals surface area contributed by atoms with E-state index in [0.717, 1.165) is 10.6 Å². The maximum atomic E-state index is 10.9. The second-order valence-corrected chi connectivity index (χ2v) is 5.64. The summed E-state index contributed by atoms with van der Waals surface area (Å²) >= 11 is 1.50. The van der Waals surface area contributed by atoms with Gasteiger partial charge in [0.25, 0.3) is 0 Å². The second-order valence-electron chi connectivity index (χ2n) is 4.79. The van der Waals surface area contributed by atoms with Crippen molar-refractivity contribution in [2.75, 3.05) is 4.72 Å². The van der Waals surface area contributed by atoms with Crippen molar-refractivity contribution in [1.82, 2.24) is 0 Å². The van der Waals surface area contributed by atoms with E-state index in [4.69, 9.17) is 5.11 Å². The van der Waals surface area contributed by atoms with Gasteiger partial charge in [-0.3, -0.25) is 0 Å². The molecule has 0 aliphatic rings. The lowest BCUT2D eigenvalue weighted by Crippen LogP contribution is -1.97. The zero-order valence-electron chi connectivity index (χ0n) is 11.7. The summed E-state index contributed by atoms with van der Waals surface area (Å²) in [5, 5.41) is 8.97. The molecule has 2 rings (SSSR count). The second kappa shape index (κ2) is 6.01. The van der Waals surface area contributed by atoms with Crippen molar-refractivity contribution in [3.8, 4) is 0 Å². The van der Waals surface area contributed by atoms with E-state index < -0.39 is 5.97 Å². The van der Waals surface area contributed by atoms with Gasteiger partial charge >= 0.3 is 5.97 Å². The number of carbonyl (C=O) groups is 1. The maximum Gasteiger partial charge on any atom is 0.335 e. The third-order valence-corrected chi connectivity index (χ3v) is 4.18. The highest BCUT2D eigenvalue weighted by Gasteiger charge is 2.05. The normalized spacial score (nSPS) is 10.3. The van der Waals surface area contributed by atoms with Gasteiger partial charge in [-0.2, -0.15) is 0 Å². The molecule has 0 amide bonds. The summed E-state index contributed by atoms with van der Waals surface area (Å²) in [6.45, 7) is 6.26. The lowest BCUT2D eigenvalue weighted by Gasteiger charge is -2.11. The standard InChI is InChI=1S/C16H17NO2S/c1-10-7-12(3)15(8-11(10)2)20-17-14-6-4-5-13(9-14)16(18)19/h4-9,17H,1-3H3,(H,18,19). The summed E-state index contributed by atoms with van der Waals surface area (Å²) in [5.41, 5.74) is 4.80. The lowest BCUT2D eigenvalue weighted by molar-refractivity contribution is 0.0697. The minimum absolute atomic E-state index is 0.285. The monoisotopic (exact) mass is 287 g/mol. The number of aryl methyl sites for hydroxylation is 3. The van der Waals surface area contributed by atoms with Gasteiger partial charge in [0.1, 0.15) is 0 Å². The van der Waals surface area contributed by atoms with E-state index in [9.17, 15) is 4.79 Å². The van der Waals surface area contributed by atoms with Gasteiger partial charge in [-0.15, -0.1) is 0 Å². The van der Waals surface area contributed by atoms with E-state index in [1.165, 1.54) is 28.6 Å². The van der Waals surface area contributed by atoms with Crippen molar-refractivity contribution in [2.45, 2.75) is 25.7 Å². The Kier molecular flexibility index (Phi) is 4.35. The molecule has 0 radical (unpaired) electrons. The van der Waals surface area contributed by atoms with E-state index in [0.29, 0.717) is 0 Å². The van der Waals surface area contributed by atoms with Crippen LogP contribution in [0.3, 0.4) is 0 Å². The van der Waals surface area contributed by atoms with E-state index in [1.807, 2.05) is 6.07 Å². The first-order chi connectivity index (χ1) is 9.47. The average molecular weight is 287 g/mol. The lowest BCUT2D eigenvalue weighted by atomic mass is 10.1. The highest BCUT2D eigenvalue weighted by molar-refractivity contribution is 8.00. The van der Waals surface area contributed by atoms with E-state index in [1.54, 1.807) is 18.2 Å². The number of nitrogens with one attached hydrogen (secondary N) is 1. The molecule has 0 aliphatic heterocycles. The van der Waals surface area contributed by atoms with Crippen LogP contribution < -0.4 is 4.72 Å². The number of anilines is 1. The molecule has 0 unspecified atom stereocenters. The van der Waals surface area contributed by atoms with Crippen LogP contribution in [0.5, 0.6) is 0 Å². The van der Waals surface area contributed by atoms with Crippen LogP contribution in [-0.2, 0) is 0 Å². The third-order valence-electron chi connectivity index (χ3n) is 3.18. The Balaban J connectivity index is 2.15. The van der Waals surface area contributed by atoms with Crippen molar-refractivity contribution in [1.29, 1.82) is 0 Å². The fraction of sp³-hybridized carbons (Fsp3) is 0.188. The van der Waals surface area contributed by atoms with Crippen LogP contribution in [-0.4, -0.2) is 11.1 Å². The zero-order valence-corrected chi connectivity index (χ0v) is 12.5. The Labute approximate surface area is 123 Å². The highest BCUT2D eigenvalue weighted by atomic mass is 32.2. The van der Waals surface area contributed by atoms with E-state index in [2.05, 4.69) is 37.6 Å². The summed E-state index contributed by atoms with van der Waals surface area (Å²) in [4.78, 5) is 12.1. The number of hydrogen-bond acceptors (Lipinski definition) is 3. The largest absolute Gasteiger partial charge is 0.478 e. The average Bonchev–Trinajstić information content (AvgIpc) is 2.41. The molecule has 4 heteroatoms. The molecule has 0 saturated carbocycles. The predicted molar refractivity (Wildman–Crippen MR) is 83.5 cm³/mol. The smallest absolute Gasteiger partial charge is 0.335 e. The van der Waals surface area contributed by atoms with Gasteiger partial charge < -0.3 is 9.83 Å². The van der Waals surface area contributed by atoms with Crippen molar-refractivity contribution in [3.63, 3.8) is 0 Å². The molecule has 0 heterocycles. The molecule has 3 nitrogen and oxygen atoms in total. The minimum Gasteiger partial charge on any atom is -0.478 e. The molecule has 0 saturated heterocycles. The minimum atomic E-state index is -0.916. The van der Waals surface area contributed by atoms with Crippen LogP contribution in [0, 0.1) is 20.8 Å². The number of benzene rings is 2. The Morgan fingerprint density at radius 3 is 2.45 bits per heavy atom. The first-order valence-electron chi connectivity index (χ1n) is 6.31. The molecule has 0 spiro atoms. The molecule has 20 heavy (non-hydrogen) atoms. The van der Waals surface area contributed by atoms with E-state index in [-0.39, 0.29) is 5.56 Å². The number of carboxylic acids is 1. The van der Waals surface area contributed by atoms with Crippen LogP contribution in [0.4, 0.5) is 5.69 Å². The first kappa shape index (κ1) is 14.5. The molecular weight excluding hydrogens is 270 g/mol. The molecule has 2 aromatic rings. The molecule has 0 fully saturated rings. The van der Waals surface area contributed by atoms with Gasteiger partial charge in [-0.25, -0.2) is 4.79 Å². The number of carboxylic acid groups (broad SMARTS) is 1. The summed E-state index contributed by atoms with van der Waals surface area (Å²) in [6, 6.07) is 11.1. The van der Waals surface area contributed by atoms with E-state index >= 15 is 0 Å². The molecule has 2 N–H and O–H groups in total. The van der Waals surface area contributed by atoms with Crippen LogP contribution in [0.1, 0.15) is 27.0 Å². The molecule has 0 bridgehead atoms. The van der Waals surface area contributed by atoms with Crippen LogP contribution in [0.2, 0.25) is 0 Å². The Bertz CT molecular complexity index is 653. The van der Waals surface area contributed by atoms with Crippen molar-refractivity contribution >= 4 is 23.6 Å². The van der Waals surface area contributed by atoms with Gasteiger partial charge in [-0.05, 0) is 73.7 Å². The van der Waals surface area contributed by atoms with Crippen molar-refractivity contribution in [3.05, 3.63) is 58.7 Å². The highest BCUT2D eigenvalue weighted by Crippen LogP contribution is 2.27. The molecular formula is C16H17NO2S. The zero-order chi connectivity index (χ0) is 14.7. The summed E-state index contributed by atoms with van der Waals surface area (Å²) in [5.74, 6) is -0.916. The third kappa shape index (κ3) is 3.33. The van der Waals surface area contributed by atoms with Gasteiger partial charge in [0, 0.05) is 10.6 Å². The van der Waals surface area contributed by atoms with Gasteiger partial charge in [0.15, 0.2) is 0 Å². The fourth-order valence-electron chi connectivity index (χ4n) is 1.87. The summed E-state index contributed by atoms with van der Waals surface area (Å²) < 4.78 is 3.20. The number of hydrogen-bond donors (Lipinski definition) is 2. The molecule has 0 atom stereocenters. The summed E-state index contributed by atoms with van der Waals surface area (Å²) in [7, 11) is 0. The molecule has 0 aromatic heterocycles. The topological polar surface area (TPSA) is 49.3 Å². The summed E-state index contributed by atoms with van der Waals surface area (Å²) in [6.07, 6.45) is 0. The molecule has 0 aliphatic carbocycles. The Morgan fingerprint density at radius 1 is 1.05 bits per heavy atom. The SMILES string of the molecule is Cc1cc(C)c(SNc2cccc(C(=O)O)c2)cc1C. The van der Waals surface area contributed by atoms with Crippen LogP contribution >= 0.6 is 11.9 Å². The first-order valence-corrected chi connectivity index (χ1v) is 7.13. The van der Waals surface area contributed by atoms with Crippen molar-refractivity contribution in [2.24, 2.45) is 0 Å². The van der Waals surface area contributed by atoms with Gasteiger partial charge in [-0.1, -0.05) is 12.1 Å². The van der Waals surface area contributed by atoms with Crippen LogP contribution in [0.15, 0.2) is 41.3 Å². The molecule has 2 aromatic carbocycles. The van der Waals surface area contributed by atoms with Gasteiger partial charge in [0.05, 0.1) is 5.56 Å². The Morgan fingerprint density at radius 2 is 1.75 bits per heavy atom. The number of aromatic carboxylic acids is 1. The number of rotatable bonds is 4.